The Morgan fingerprint density at radius 1 is 1.25 bits per heavy atom. The van der Waals surface area contributed by atoms with E-state index in [4.69, 9.17) is 4.74 Å². The van der Waals surface area contributed by atoms with Gasteiger partial charge in [0.25, 0.3) is 5.91 Å². The SMILES string of the molecule is COc1cccc(C(=O)N2CCN(C3CNC3)CC2)c1. The summed E-state index contributed by atoms with van der Waals surface area (Å²) in [5.41, 5.74) is 0.711. The fraction of sp³-hybridized carbons (Fsp3) is 0.533. The molecule has 2 saturated heterocycles. The molecule has 0 aliphatic carbocycles. The predicted octanol–water partition coefficient (Wildman–Crippen LogP) is 0.425. The molecule has 3 rings (SSSR count). The highest BCUT2D eigenvalue weighted by molar-refractivity contribution is 5.94. The first-order chi connectivity index (χ1) is 9.78. The second kappa shape index (κ2) is 5.81. The van der Waals surface area contributed by atoms with Crippen LogP contribution in [0.4, 0.5) is 0 Å². The summed E-state index contributed by atoms with van der Waals surface area (Å²) in [7, 11) is 1.62. The maximum Gasteiger partial charge on any atom is 0.254 e. The van der Waals surface area contributed by atoms with Gasteiger partial charge in [0.15, 0.2) is 0 Å². The lowest BCUT2D eigenvalue weighted by atomic mass is 10.1. The molecule has 0 aromatic heterocycles. The summed E-state index contributed by atoms with van der Waals surface area (Å²) in [5.74, 6) is 0.838. The standard InChI is InChI=1S/C15H21N3O2/c1-20-14-4-2-3-12(9-14)15(19)18-7-5-17(6-8-18)13-10-16-11-13/h2-4,9,13,16H,5-8,10-11H2,1H3. The average Bonchev–Trinajstić information content (AvgIpc) is 2.45. The second-order valence-corrected chi connectivity index (χ2v) is 5.37. The predicted molar refractivity (Wildman–Crippen MR) is 77.1 cm³/mol. The number of hydrogen-bond acceptors (Lipinski definition) is 4. The van der Waals surface area contributed by atoms with Crippen molar-refractivity contribution in [3.8, 4) is 5.75 Å². The summed E-state index contributed by atoms with van der Waals surface area (Å²) < 4.78 is 5.18. The molecule has 5 heteroatoms. The van der Waals surface area contributed by atoms with Crippen molar-refractivity contribution in [3.05, 3.63) is 29.8 Å². The topological polar surface area (TPSA) is 44.8 Å². The molecule has 0 radical (unpaired) electrons. The summed E-state index contributed by atoms with van der Waals surface area (Å²) in [6, 6.07) is 8.06. The Bertz CT molecular complexity index is 480. The minimum Gasteiger partial charge on any atom is -0.497 e. The molecular weight excluding hydrogens is 254 g/mol. The van der Waals surface area contributed by atoms with Crippen LogP contribution in [0.1, 0.15) is 10.4 Å². The Labute approximate surface area is 119 Å². The number of hydrogen-bond donors (Lipinski definition) is 1. The lowest BCUT2D eigenvalue weighted by Crippen LogP contribution is -2.62. The third-order valence-corrected chi connectivity index (χ3v) is 4.19. The molecule has 108 valence electrons. The molecule has 1 aromatic carbocycles. The third-order valence-electron chi connectivity index (χ3n) is 4.19. The molecule has 0 bridgehead atoms. The Morgan fingerprint density at radius 3 is 2.60 bits per heavy atom. The normalized spacial score (nSPS) is 20.6. The average molecular weight is 275 g/mol. The van der Waals surface area contributed by atoms with Crippen LogP contribution in [0.2, 0.25) is 0 Å². The summed E-state index contributed by atoms with van der Waals surface area (Å²) in [6.45, 7) is 5.75. The van der Waals surface area contributed by atoms with E-state index in [1.165, 1.54) is 0 Å². The van der Waals surface area contributed by atoms with Gasteiger partial charge in [-0.2, -0.15) is 0 Å². The fourth-order valence-corrected chi connectivity index (χ4v) is 2.76. The molecule has 0 spiro atoms. The Morgan fingerprint density at radius 2 is 2.00 bits per heavy atom. The number of benzene rings is 1. The molecule has 0 saturated carbocycles. The van der Waals surface area contributed by atoms with Gasteiger partial charge < -0.3 is 15.0 Å². The molecule has 2 heterocycles. The van der Waals surface area contributed by atoms with E-state index in [-0.39, 0.29) is 5.91 Å². The smallest absolute Gasteiger partial charge is 0.254 e. The maximum atomic E-state index is 12.5. The molecule has 1 amide bonds. The zero-order chi connectivity index (χ0) is 13.9. The van der Waals surface area contributed by atoms with E-state index in [1.54, 1.807) is 7.11 Å². The van der Waals surface area contributed by atoms with Crippen molar-refractivity contribution in [2.45, 2.75) is 6.04 Å². The van der Waals surface area contributed by atoms with Gasteiger partial charge in [0.05, 0.1) is 7.11 Å². The molecule has 0 unspecified atom stereocenters. The van der Waals surface area contributed by atoms with Crippen molar-refractivity contribution in [1.29, 1.82) is 0 Å². The molecule has 20 heavy (non-hydrogen) atoms. The first kappa shape index (κ1) is 13.4. The molecule has 5 nitrogen and oxygen atoms in total. The lowest BCUT2D eigenvalue weighted by Gasteiger charge is -2.43. The van der Waals surface area contributed by atoms with E-state index in [0.717, 1.165) is 45.0 Å². The number of rotatable bonds is 3. The lowest BCUT2D eigenvalue weighted by molar-refractivity contribution is 0.0502. The molecule has 0 atom stereocenters. The van der Waals surface area contributed by atoms with Crippen LogP contribution in [0.5, 0.6) is 5.75 Å². The molecule has 1 aromatic rings. The van der Waals surface area contributed by atoms with Crippen LogP contribution in [-0.2, 0) is 0 Å². The maximum absolute atomic E-state index is 12.5. The van der Waals surface area contributed by atoms with Gasteiger partial charge in [-0.25, -0.2) is 0 Å². The highest BCUT2D eigenvalue weighted by Crippen LogP contribution is 2.16. The summed E-state index contributed by atoms with van der Waals surface area (Å²) in [6.07, 6.45) is 0. The Balaban J connectivity index is 1.60. The van der Waals surface area contributed by atoms with Crippen LogP contribution in [0.3, 0.4) is 0 Å². The van der Waals surface area contributed by atoms with Gasteiger partial charge in [0.1, 0.15) is 5.75 Å². The van der Waals surface area contributed by atoms with Gasteiger partial charge >= 0.3 is 0 Å². The van der Waals surface area contributed by atoms with E-state index < -0.39 is 0 Å². The van der Waals surface area contributed by atoms with Gasteiger partial charge in [-0.15, -0.1) is 0 Å². The number of ether oxygens (including phenoxy) is 1. The number of nitrogens with one attached hydrogen (secondary N) is 1. The number of methoxy groups -OCH3 is 1. The van der Waals surface area contributed by atoms with Gasteiger partial charge in [-0.1, -0.05) is 6.07 Å². The van der Waals surface area contributed by atoms with Gasteiger partial charge in [0.2, 0.25) is 0 Å². The molecule has 2 aliphatic rings. The Hall–Kier alpha value is -1.59. The van der Waals surface area contributed by atoms with Crippen LogP contribution in [0.15, 0.2) is 24.3 Å². The van der Waals surface area contributed by atoms with Crippen molar-refractivity contribution in [3.63, 3.8) is 0 Å². The van der Waals surface area contributed by atoms with E-state index >= 15 is 0 Å². The Kier molecular flexibility index (Phi) is 3.89. The molecule has 2 aliphatic heterocycles. The van der Waals surface area contributed by atoms with E-state index in [1.807, 2.05) is 29.2 Å². The third kappa shape index (κ3) is 2.64. The number of piperazine rings is 1. The van der Waals surface area contributed by atoms with E-state index in [0.29, 0.717) is 11.6 Å². The van der Waals surface area contributed by atoms with E-state index in [9.17, 15) is 4.79 Å². The number of carbonyl (C=O) groups is 1. The summed E-state index contributed by atoms with van der Waals surface area (Å²) >= 11 is 0. The molecule has 1 N–H and O–H groups in total. The quantitative estimate of drug-likeness (QED) is 0.868. The van der Waals surface area contributed by atoms with Crippen molar-refractivity contribution in [2.24, 2.45) is 0 Å². The molecular formula is C15H21N3O2. The van der Waals surface area contributed by atoms with Crippen LogP contribution in [-0.4, -0.2) is 68.1 Å². The number of carbonyl (C=O) groups excluding carboxylic acids is 1. The minimum atomic E-state index is 0.107. The van der Waals surface area contributed by atoms with Gasteiger partial charge in [-0.3, -0.25) is 9.69 Å². The van der Waals surface area contributed by atoms with Gasteiger partial charge in [0, 0.05) is 50.9 Å². The van der Waals surface area contributed by atoms with Gasteiger partial charge in [-0.05, 0) is 18.2 Å². The number of amides is 1. The largest absolute Gasteiger partial charge is 0.497 e. The van der Waals surface area contributed by atoms with Crippen LogP contribution in [0, 0.1) is 0 Å². The monoisotopic (exact) mass is 275 g/mol. The zero-order valence-electron chi connectivity index (χ0n) is 11.8. The highest BCUT2D eigenvalue weighted by atomic mass is 16.5. The summed E-state index contributed by atoms with van der Waals surface area (Å²) in [4.78, 5) is 16.9. The van der Waals surface area contributed by atoms with Crippen molar-refractivity contribution in [2.75, 3.05) is 46.4 Å². The van der Waals surface area contributed by atoms with Crippen molar-refractivity contribution >= 4 is 5.91 Å². The van der Waals surface area contributed by atoms with Crippen molar-refractivity contribution in [1.82, 2.24) is 15.1 Å². The van der Waals surface area contributed by atoms with Crippen molar-refractivity contribution < 1.29 is 9.53 Å². The van der Waals surface area contributed by atoms with Crippen LogP contribution >= 0.6 is 0 Å². The number of nitrogens with zero attached hydrogens (tertiary/aromatic N) is 2. The highest BCUT2D eigenvalue weighted by Gasteiger charge is 2.29. The first-order valence-electron chi connectivity index (χ1n) is 7.16. The molecule has 2 fully saturated rings. The zero-order valence-corrected chi connectivity index (χ0v) is 11.8. The van der Waals surface area contributed by atoms with Crippen LogP contribution < -0.4 is 10.1 Å². The van der Waals surface area contributed by atoms with Crippen LogP contribution in [0.25, 0.3) is 0 Å². The second-order valence-electron chi connectivity index (χ2n) is 5.37. The fourth-order valence-electron chi connectivity index (χ4n) is 2.76. The van der Waals surface area contributed by atoms with E-state index in [2.05, 4.69) is 10.2 Å². The summed E-state index contributed by atoms with van der Waals surface area (Å²) in [5, 5.41) is 3.29. The first-order valence-corrected chi connectivity index (χ1v) is 7.16. The minimum absolute atomic E-state index is 0.107.